The van der Waals surface area contributed by atoms with Gasteiger partial charge in [-0.05, 0) is 11.8 Å². The molecule has 1 atom stereocenters. The van der Waals surface area contributed by atoms with Crippen molar-refractivity contribution < 1.29 is 9.42 Å². The molecule has 0 aromatic carbocycles. The summed E-state index contributed by atoms with van der Waals surface area (Å²) in [5.41, 5.74) is 0. The lowest BCUT2D eigenvalue weighted by Gasteiger charge is -2.39. The summed E-state index contributed by atoms with van der Waals surface area (Å²) in [7, 11) is -0.428. The molecule has 2 heterocycles. The minimum atomic E-state index is -0.428. The number of hydrogen-bond acceptors (Lipinski definition) is 6. The van der Waals surface area contributed by atoms with E-state index in [1.807, 2.05) is 6.07 Å². The summed E-state index contributed by atoms with van der Waals surface area (Å²) in [5, 5.41) is 0. The van der Waals surface area contributed by atoms with Crippen molar-refractivity contribution in [1.29, 1.82) is 0 Å². The van der Waals surface area contributed by atoms with Crippen molar-refractivity contribution in [3.8, 4) is 0 Å². The van der Waals surface area contributed by atoms with E-state index in [-0.39, 0.29) is 6.10 Å². The van der Waals surface area contributed by atoms with Crippen LogP contribution in [-0.4, -0.2) is 39.8 Å². The fourth-order valence-electron chi connectivity index (χ4n) is 1.56. The number of thiol groups is 1. The van der Waals surface area contributed by atoms with Crippen LogP contribution in [0.5, 0.6) is 0 Å². The Bertz CT molecular complexity index is 365. The van der Waals surface area contributed by atoms with Gasteiger partial charge < -0.3 is 14.3 Å². The van der Waals surface area contributed by atoms with Gasteiger partial charge in [-0.3, -0.25) is 0 Å². The zero-order chi connectivity index (χ0) is 14.1. The van der Waals surface area contributed by atoms with Crippen LogP contribution >= 0.6 is 21.7 Å². The van der Waals surface area contributed by atoms with Crippen LogP contribution in [0.25, 0.3) is 0 Å². The molecule has 1 unspecified atom stereocenters. The molecule has 1 N–H and O–H groups in total. The van der Waals surface area contributed by atoms with Crippen LogP contribution in [0.15, 0.2) is 12.3 Å². The minimum absolute atomic E-state index is 0.131. The minimum Gasteiger partial charge on any atom is -0.352 e. The molecule has 0 saturated carbocycles. The number of nitrogens with zero attached hydrogens (tertiary/aromatic N) is 3. The summed E-state index contributed by atoms with van der Waals surface area (Å²) < 4.78 is 5.09. The highest BCUT2D eigenvalue weighted by Gasteiger charge is 2.28. The molecule has 1 aliphatic rings. The van der Waals surface area contributed by atoms with Crippen LogP contribution in [0.2, 0.25) is 0 Å². The second-order valence-electron chi connectivity index (χ2n) is 4.25. The van der Waals surface area contributed by atoms with Crippen LogP contribution in [0, 0.1) is 0 Å². The van der Waals surface area contributed by atoms with Gasteiger partial charge in [0.25, 0.3) is 0 Å². The summed E-state index contributed by atoms with van der Waals surface area (Å²) in [6.45, 7) is 5.82. The zero-order valence-electron chi connectivity index (χ0n) is 11.4. The summed E-state index contributed by atoms with van der Waals surface area (Å²) in [6, 6.07) is 1.89. The van der Waals surface area contributed by atoms with Crippen molar-refractivity contribution in [2.45, 2.75) is 32.8 Å². The van der Waals surface area contributed by atoms with Gasteiger partial charge in [-0.2, -0.15) is 12.6 Å². The Morgan fingerprint density at radius 2 is 2.21 bits per heavy atom. The Labute approximate surface area is 122 Å². The fraction of sp³-hybridized carbons (Fsp3) is 0.667. The molecule has 2 rings (SSSR count). The first-order valence-corrected chi connectivity index (χ1v) is 7.96. The molecule has 5 nitrogen and oxygen atoms in total. The number of rotatable bonds is 5. The van der Waals surface area contributed by atoms with E-state index in [0.717, 1.165) is 36.9 Å². The number of hydrogen-bond donors (Lipinski definition) is 2. The second kappa shape index (κ2) is 9.48. The monoisotopic (exact) mass is 303 g/mol. The molecule has 0 radical (unpaired) electrons. The van der Waals surface area contributed by atoms with E-state index in [2.05, 4.69) is 41.3 Å². The average molecular weight is 303 g/mol. The highest BCUT2D eigenvalue weighted by atomic mass is 32.1. The van der Waals surface area contributed by atoms with Crippen LogP contribution in [0.1, 0.15) is 26.1 Å². The van der Waals surface area contributed by atoms with Crippen LogP contribution in [0.4, 0.5) is 5.82 Å². The lowest BCUT2D eigenvalue weighted by Crippen LogP contribution is -2.51. The third-order valence-electron chi connectivity index (χ3n) is 2.42. The third-order valence-corrected chi connectivity index (χ3v) is 3.08. The van der Waals surface area contributed by atoms with Crippen LogP contribution < -0.4 is 4.90 Å². The molecule has 0 aliphatic carbocycles. The van der Waals surface area contributed by atoms with Crippen molar-refractivity contribution >= 4 is 27.5 Å². The SMILES string of the molecule is CCC.OPOC1CN(c2ccnc(CCS)n2)C1. The molecule has 1 aliphatic heterocycles. The normalized spacial score (nSPS) is 15.3. The van der Waals surface area contributed by atoms with Gasteiger partial charge in [0, 0.05) is 25.7 Å². The van der Waals surface area contributed by atoms with Crippen molar-refractivity contribution in [2.24, 2.45) is 0 Å². The Kier molecular flexibility index (Phi) is 8.30. The van der Waals surface area contributed by atoms with Crippen molar-refractivity contribution in [1.82, 2.24) is 9.97 Å². The van der Waals surface area contributed by atoms with Gasteiger partial charge in [-0.15, -0.1) is 0 Å². The van der Waals surface area contributed by atoms with E-state index in [4.69, 9.17) is 9.42 Å². The fourth-order valence-corrected chi connectivity index (χ4v) is 2.06. The quantitative estimate of drug-likeness (QED) is 0.644. The van der Waals surface area contributed by atoms with Gasteiger partial charge in [0.05, 0.1) is 6.10 Å². The van der Waals surface area contributed by atoms with Gasteiger partial charge in [0.2, 0.25) is 0 Å². The molecule has 1 saturated heterocycles. The molecule has 0 spiro atoms. The van der Waals surface area contributed by atoms with E-state index in [1.54, 1.807) is 6.20 Å². The summed E-state index contributed by atoms with van der Waals surface area (Å²) in [6.07, 6.45) is 3.93. The molecule has 1 aromatic heterocycles. The standard InChI is InChI=1S/C9H14N3O2PS.C3H8/c13-15-14-7-5-12(6-7)9-1-3-10-8(11-9)2-4-16;1-3-2/h1,3,7,13,15-16H,2,4-6H2;3H2,1-2H3. The van der Waals surface area contributed by atoms with E-state index in [0.29, 0.717) is 0 Å². The van der Waals surface area contributed by atoms with E-state index >= 15 is 0 Å². The second-order valence-corrected chi connectivity index (χ2v) is 5.11. The smallest absolute Gasteiger partial charge is 0.152 e. The van der Waals surface area contributed by atoms with Crippen molar-refractivity contribution in [2.75, 3.05) is 23.7 Å². The molecular formula is C12H22N3O2PS. The van der Waals surface area contributed by atoms with Gasteiger partial charge in [-0.1, -0.05) is 20.3 Å². The van der Waals surface area contributed by atoms with Crippen molar-refractivity contribution in [3.05, 3.63) is 18.1 Å². The van der Waals surface area contributed by atoms with E-state index in [1.165, 1.54) is 6.42 Å². The predicted octanol–water partition coefficient (Wildman–Crippen LogP) is 2.07. The maximum Gasteiger partial charge on any atom is 0.152 e. The number of aromatic nitrogens is 2. The van der Waals surface area contributed by atoms with Gasteiger partial charge in [-0.25, -0.2) is 9.97 Å². The molecule has 0 amide bonds. The molecule has 1 aromatic rings. The van der Waals surface area contributed by atoms with Crippen LogP contribution in [-0.2, 0) is 10.9 Å². The van der Waals surface area contributed by atoms with Gasteiger partial charge in [0.1, 0.15) is 11.6 Å². The number of aryl methyl sites for hydroxylation is 1. The zero-order valence-corrected chi connectivity index (χ0v) is 13.3. The largest absolute Gasteiger partial charge is 0.352 e. The first-order valence-electron chi connectivity index (χ1n) is 6.47. The van der Waals surface area contributed by atoms with Crippen molar-refractivity contribution in [3.63, 3.8) is 0 Å². The maximum absolute atomic E-state index is 8.63. The maximum atomic E-state index is 8.63. The van der Waals surface area contributed by atoms with Crippen LogP contribution in [0.3, 0.4) is 0 Å². The van der Waals surface area contributed by atoms with E-state index in [9.17, 15) is 0 Å². The average Bonchev–Trinajstić information content (AvgIpc) is 2.35. The molecule has 108 valence electrons. The number of anilines is 1. The first kappa shape index (κ1) is 16.6. The molecular weight excluding hydrogens is 281 g/mol. The Hall–Kier alpha value is -0.420. The molecule has 0 bridgehead atoms. The summed E-state index contributed by atoms with van der Waals surface area (Å²) in [4.78, 5) is 19.3. The predicted molar refractivity (Wildman–Crippen MR) is 83.2 cm³/mol. The summed E-state index contributed by atoms with van der Waals surface area (Å²) >= 11 is 4.16. The third kappa shape index (κ3) is 5.61. The Morgan fingerprint density at radius 1 is 1.53 bits per heavy atom. The molecule has 19 heavy (non-hydrogen) atoms. The van der Waals surface area contributed by atoms with Gasteiger partial charge in [0.15, 0.2) is 9.03 Å². The molecule has 1 fully saturated rings. The first-order chi connectivity index (χ1) is 9.24. The lowest BCUT2D eigenvalue weighted by atomic mass is 10.2. The summed E-state index contributed by atoms with van der Waals surface area (Å²) in [5.74, 6) is 2.50. The topological polar surface area (TPSA) is 58.5 Å². The Balaban J connectivity index is 0.000000550. The highest BCUT2D eigenvalue weighted by molar-refractivity contribution is 7.80. The highest BCUT2D eigenvalue weighted by Crippen LogP contribution is 2.23. The van der Waals surface area contributed by atoms with E-state index < -0.39 is 9.03 Å². The lowest BCUT2D eigenvalue weighted by molar-refractivity contribution is 0.177. The Morgan fingerprint density at radius 3 is 2.79 bits per heavy atom. The van der Waals surface area contributed by atoms with Gasteiger partial charge >= 0.3 is 0 Å². The molecule has 7 heteroatoms.